The average Bonchev–Trinajstić information content (AvgIpc) is 3.20. The average molecular weight is 340 g/mol. The Morgan fingerprint density at radius 1 is 1.04 bits per heavy atom. The van der Waals surface area contributed by atoms with Crippen molar-refractivity contribution < 1.29 is 9.90 Å². The van der Waals surface area contributed by atoms with Crippen LogP contribution in [0.5, 0.6) is 5.75 Å². The van der Waals surface area contributed by atoms with Crippen molar-refractivity contribution in [3.8, 4) is 5.75 Å². The first-order valence-corrected chi connectivity index (χ1v) is 9.09. The van der Waals surface area contributed by atoms with E-state index in [4.69, 9.17) is 0 Å². The van der Waals surface area contributed by atoms with Crippen LogP contribution < -0.4 is 5.32 Å². The van der Waals surface area contributed by atoms with Crippen molar-refractivity contribution in [2.75, 3.05) is 19.6 Å². The zero-order chi connectivity index (χ0) is 16.5. The molecule has 0 radical (unpaired) electrons. The van der Waals surface area contributed by atoms with Crippen LogP contribution in [-0.4, -0.2) is 41.6 Å². The molecule has 2 aromatic rings. The zero-order valence-electron chi connectivity index (χ0n) is 13.3. The number of phenolic OH excluding ortho intramolecular Hbond substituents is 1. The summed E-state index contributed by atoms with van der Waals surface area (Å²) >= 11 is 1.61. The number of piperidine rings is 1. The Bertz CT molecular complexity index is 730. The number of phenols is 1. The third kappa shape index (κ3) is 3.28. The molecule has 2 aromatic carbocycles. The highest BCUT2D eigenvalue weighted by Gasteiger charge is 2.38. The maximum atomic E-state index is 12.4. The van der Waals surface area contributed by atoms with Crippen molar-refractivity contribution in [3.63, 3.8) is 0 Å². The molecule has 4 rings (SSSR count). The molecule has 2 fully saturated rings. The fourth-order valence-corrected chi connectivity index (χ4v) is 4.34. The smallest absolute Gasteiger partial charge is 0.251 e. The van der Waals surface area contributed by atoms with Crippen LogP contribution in [0.25, 0.3) is 0 Å². The maximum Gasteiger partial charge on any atom is 0.251 e. The van der Waals surface area contributed by atoms with Crippen LogP contribution in [0.1, 0.15) is 16.8 Å². The normalized spacial score (nSPS) is 24.9. The van der Waals surface area contributed by atoms with Crippen LogP contribution in [0.2, 0.25) is 0 Å². The Labute approximate surface area is 145 Å². The number of hydrogen-bond acceptors (Lipinski definition) is 4. The molecule has 1 amide bonds. The first kappa shape index (κ1) is 15.5. The highest BCUT2D eigenvalue weighted by molar-refractivity contribution is 7.99. The molecule has 4 nitrogen and oxygen atoms in total. The van der Waals surface area contributed by atoms with Gasteiger partial charge in [0.1, 0.15) is 5.75 Å². The van der Waals surface area contributed by atoms with E-state index in [0.717, 1.165) is 22.9 Å². The van der Waals surface area contributed by atoms with E-state index in [1.165, 1.54) is 13.0 Å². The van der Waals surface area contributed by atoms with E-state index >= 15 is 0 Å². The molecule has 2 aliphatic rings. The number of rotatable bonds is 4. The maximum absolute atomic E-state index is 12.4. The lowest BCUT2D eigenvalue weighted by molar-refractivity contribution is 0.0924. The number of nitrogens with one attached hydrogen (secondary N) is 1. The van der Waals surface area contributed by atoms with E-state index in [2.05, 4.69) is 10.2 Å². The molecule has 0 spiro atoms. The van der Waals surface area contributed by atoms with E-state index in [0.29, 0.717) is 17.5 Å². The van der Waals surface area contributed by atoms with Crippen molar-refractivity contribution in [3.05, 3.63) is 54.1 Å². The molecule has 0 saturated carbocycles. The first-order valence-electron chi connectivity index (χ1n) is 8.27. The summed E-state index contributed by atoms with van der Waals surface area (Å²) in [7, 11) is 0. The van der Waals surface area contributed by atoms with Crippen molar-refractivity contribution in [2.24, 2.45) is 5.92 Å². The van der Waals surface area contributed by atoms with Crippen LogP contribution in [0.3, 0.4) is 0 Å². The van der Waals surface area contributed by atoms with E-state index < -0.39 is 0 Å². The van der Waals surface area contributed by atoms with Crippen LogP contribution in [-0.2, 0) is 0 Å². The van der Waals surface area contributed by atoms with Gasteiger partial charge in [0.25, 0.3) is 5.91 Å². The quantitative estimate of drug-likeness (QED) is 0.898. The Kier molecular flexibility index (Phi) is 4.21. The van der Waals surface area contributed by atoms with Gasteiger partial charge in [0.15, 0.2) is 0 Å². The van der Waals surface area contributed by atoms with Crippen LogP contribution in [0.4, 0.5) is 0 Å². The number of nitrogens with zero attached hydrogens (tertiary/aromatic N) is 1. The Hall–Kier alpha value is -1.98. The van der Waals surface area contributed by atoms with Gasteiger partial charge in [-0.2, -0.15) is 0 Å². The molecule has 24 heavy (non-hydrogen) atoms. The van der Waals surface area contributed by atoms with E-state index in [1.54, 1.807) is 23.9 Å². The van der Waals surface area contributed by atoms with Gasteiger partial charge in [-0.15, -0.1) is 0 Å². The van der Waals surface area contributed by atoms with Crippen molar-refractivity contribution in [1.29, 1.82) is 0 Å². The van der Waals surface area contributed by atoms with Crippen molar-refractivity contribution in [1.82, 2.24) is 10.2 Å². The summed E-state index contributed by atoms with van der Waals surface area (Å²) in [5, 5.41) is 12.5. The third-order valence-electron chi connectivity index (χ3n) is 4.84. The first-order chi connectivity index (χ1) is 11.7. The monoisotopic (exact) mass is 340 g/mol. The standard InChI is InChI=1S/C19H20N2O2S/c22-15-3-7-17(8-4-15)24-16-5-1-13(2-6-16)19(23)20-18-12-21-10-9-14(18)11-21/h1-8,14,18,22H,9-12H2,(H,20,23). The summed E-state index contributed by atoms with van der Waals surface area (Å²) in [4.78, 5) is 17.0. The summed E-state index contributed by atoms with van der Waals surface area (Å²) in [6.45, 7) is 3.30. The topological polar surface area (TPSA) is 52.6 Å². The minimum absolute atomic E-state index is 0.0231. The van der Waals surface area contributed by atoms with E-state index in [9.17, 15) is 9.90 Å². The van der Waals surface area contributed by atoms with Gasteiger partial charge in [-0.1, -0.05) is 11.8 Å². The van der Waals surface area contributed by atoms with Crippen molar-refractivity contribution >= 4 is 17.7 Å². The number of amides is 1. The van der Waals surface area contributed by atoms with Gasteiger partial charge < -0.3 is 15.3 Å². The van der Waals surface area contributed by atoms with Crippen LogP contribution >= 0.6 is 11.8 Å². The molecule has 2 saturated heterocycles. The van der Waals surface area contributed by atoms with Crippen LogP contribution in [0.15, 0.2) is 58.3 Å². The Balaban J connectivity index is 1.38. The molecule has 2 N–H and O–H groups in total. The molecule has 2 bridgehead atoms. The van der Waals surface area contributed by atoms with Gasteiger partial charge >= 0.3 is 0 Å². The van der Waals surface area contributed by atoms with Gasteiger partial charge in [0.05, 0.1) is 0 Å². The number of hydrogen-bond donors (Lipinski definition) is 2. The molecule has 0 aromatic heterocycles. The molecular formula is C19H20N2O2S. The lowest BCUT2D eigenvalue weighted by Gasteiger charge is -2.23. The number of carbonyl (C=O) groups is 1. The van der Waals surface area contributed by atoms with Gasteiger partial charge in [0, 0.05) is 34.5 Å². The van der Waals surface area contributed by atoms with Gasteiger partial charge in [-0.05, 0) is 67.4 Å². The minimum atomic E-state index is 0.0231. The summed E-state index contributed by atoms with van der Waals surface area (Å²) in [5.74, 6) is 0.913. The highest BCUT2D eigenvalue weighted by atomic mass is 32.2. The molecule has 3 unspecified atom stereocenters. The SMILES string of the molecule is O=C(NC1CN2CCC1C2)c1ccc(Sc2ccc(O)cc2)cc1. The molecular weight excluding hydrogens is 320 g/mol. The van der Waals surface area contributed by atoms with Crippen molar-refractivity contribution in [2.45, 2.75) is 22.3 Å². The number of fused-ring (bicyclic) bond motifs is 2. The summed E-state index contributed by atoms with van der Waals surface area (Å²) < 4.78 is 0. The lowest BCUT2D eigenvalue weighted by Crippen LogP contribution is -2.43. The third-order valence-corrected chi connectivity index (χ3v) is 5.85. The number of benzene rings is 2. The second-order valence-electron chi connectivity index (χ2n) is 6.51. The largest absolute Gasteiger partial charge is 0.508 e. The molecule has 2 heterocycles. The van der Waals surface area contributed by atoms with E-state index in [1.807, 2.05) is 36.4 Å². The molecule has 124 valence electrons. The van der Waals surface area contributed by atoms with Gasteiger partial charge in [-0.3, -0.25) is 4.79 Å². The number of carbonyl (C=O) groups excluding carboxylic acids is 1. The molecule has 2 aliphatic heterocycles. The van der Waals surface area contributed by atoms with Gasteiger partial charge in [-0.25, -0.2) is 0 Å². The minimum Gasteiger partial charge on any atom is -0.508 e. The predicted octanol–water partition coefficient (Wildman–Crippen LogP) is 2.98. The Morgan fingerprint density at radius 2 is 1.71 bits per heavy atom. The number of aromatic hydroxyl groups is 1. The fourth-order valence-electron chi connectivity index (χ4n) is 3.52. The zero-order valence-corrected chi connectivity index (χ0v) is 14.1. The fraction of sp³-hybridized carbons (Fsp3) is 0.316. The summed E-state index contributed by atoms with van der Waals surface area (Å²) in [6, 6.07) is 15.1. The molecule has 0 aliphatic carbocycles. The predicted molar refractivity (Wildman–Crippen MR) is 94.5 cm³/mol. The van der Waals surface area contributed by atoms with E-state index in [-0.39, 0.29) is 11.7 Å². The molecule has 5 heteroatoms. The Morgan fingerprint density at radius 3 is 2.29 bits per heavy atom. The van der Waals surface area contributed by atoms with Gasteiger partial charge in [0.2, 0.25) is 0 Å². The lowest BCUT2D eigenvalue weighted by atomic mass is 9.99. The highest BCUT2D eigenvalue weighted by Crippen LogP contribution is 2.30. The second kappa shape index (κ2) is 6.49. The van der Waals surface area contributed by atoms with Crippen LogP contribution in [0, 0.1) is 5.92 Å². The summed E-state index contributed by atoms with van der Waals surface area (Å²) in [5.41, 5.74) is 0.711. The molecule has 3 atom stereocenters. The second-order valence-corrected chi connectivity index (χ2v) is 7.66. The summed E-state index contributed by atoms with van der Waals surface area (Å²) in [6.07, 6.45) is 1.20.